The molecule has 2 rings (SSSR count). The number of methoxy groups -OCH3 is 1. The number of amides is 1. The molecule has 1 amide bonds. The Balaban J connectivity index is 2.29. The van der Waals surface area contributed by atoms with Crippen LogP contribution in [0.4, 0.5) is 5.69 Å². The third-order valence-electron chi connectivity index (χ3n) is 3.53. The Bertz CT molecular complexity index is 747. The second kappa shape index (κ2) is 8.87. The molecule has 0 saturated heterocycles. The topological polar surface area (TPSA) is 50.8 Å². The number of rotatable bonds is 7. The SMILES string of the molecule is CCOc1c(Br)cc(C(=O)Nc2ccccc2CN(C)C)cc1OC. The molecule has 0 unspecified atom stereocenters. The average Bonchev–Trinajstić information content (AvgIpc) is 2.57. The lowest BCUT2D eigenvalue weighted by Crippen LogP contribution is -2.17. The molecule has 0 bridgehead atoms. The summed E-state index contributed by atoms with van der Waals surface area (Å²) < 4.78 is 11.6. The van der Waals surface area contributed by atoms with Crippen molar-refractivity contribution in [2.45, 2.75) is 13.5 Å². The van der Waals surface area contributed by atoms with Crippen LogP contribution in [0, 0.1) is 0 Å². The van der Waals surface area contributed by atoms with Gasteiger partial charge in [-0.05, 0) is 60.7 Å². The molecular formula is C19H23BrN2O3. The number of para-hydroxylation sites is 1. The van der Waals surface area contributed by atoms with E-state index in [4.69, 9.17) is 9.47 Å². The van der Waals surface area contributed by atoms with Gasteiger partial charge < -0.3 is 19.7 Å². The minimum atomic E-state index is -0.201. The largest absolute Gasteiger partial charge is 0.493 e. The van der Waals surface area contributed by atoms with Crippen molar-refractivity contribution < 1.29 is 14.3 Å². The number of carbonyl (C=O) groups is 1. The highest BCUT2D eigenvalue weighted by Crippen LogP contribution is 2.36. The molecule has 6 heteroatoms. The summed E-state index contributed by atoms with van der Waals surface area (Å²) >= 11 is 3.45. The van der Waals surface area contributed by atoms with Crippen LogP contribution in [0.5, 0.6) is 11.5 Å². The Hall–Kier alpha value is -2.05. The van der Waals surface area contributed by atoms with E-state index in [9.17, 15) is 4.79 Å². The van der Waals surface area contributed by atoms with E-state index in [-0.39, 0.29) is 5.91 Å². The molecule has 0 heterocycles. The van der Waals surface area contributed by atoms with Gasteiger partial charge in [-0.3, -0.25) is 4.79 Å². The van der Waals surface area contributed by atoms with Crippen LogP contribution in [-0.2, 0) is 6.54 Å². The highest BCUT2D eigenvalue weighted by Gasteiger charge is 2.16. The van der Waals surface area contributed by atoms with Gasteiger partial charge in [0, 0.05) is 17.8 Å². The van der Waals surface area contributed by atoms with Gasteiger partial charge in [-0.25, -0.2) is 0 Å². The van der Waals surface area contributed by atoms with Crippen molar-refractivity contribution >= 4 is 27.5 Å². The molecule has 1 N–H and O–H groups in total. The van der Waals surface area contributed by atoms with Crippen molar-refractivity contribution in [3.63, 3.8) is 0 Å². The number of hydrogen-bond acceptors (Lipinski definition) is 4. The predicted molar refractivity (Wildman–Crippen MR) is 104 cm³/mol. The van der Waals surface area contributed by atoms with E-state index < -0.39 is 0 Å². The highest BCUT2D eigenvalue weighted by molar-refractivity contribution is 9.10. The van der Waals surface area contributed by atoms with Crippen molar-refractivity contribution in [3.05, 3.63) is 52.0 Å². The number of ether oxygens (including phenoxy) is 2. The maximum Gasteiger partial charge on any atom is 0.255 e. The summed E-state index contributed by atoms with van der Waals surface area (Å²) in [4.78, 5) is 14.8. The lowest BCUT2D eigenvalue weighted by molar-refractivity contribution is 0.102. The summed E-state index contributed by atoms with van der Waals surface area (Å²) in [5, 5.41) is 2.98. The van der Waals surface area contributed by atoms with E-state index in [0.717, 1.165) is 17.8 Å². The van der Waals surface area contributed by atoms with Crippen molar-refractivity contribution in [3.8, 4) is 11.5 Å². The van der Waals surface area contributed by atoms with E-state index in [2.05, 4.69) is 26.1 Å². The summed E-state index contributed by atoms with van der Waals surface area (Å²) in [7, 11) is 5.54. The zero-order valence-corrected chi connectivity index (χ0v) is 16.5. The first-order chi connectivity index (χ1) is 12.0. The molecular weight excluding hydrogens is 384 g/mol. The molecule has 2 aromatic carbocycles. The number of anilines is 1. The number of nitrogens with zero attached hydrogens (tertiary/aromatic N) is 1. The second-order valence-corrected chi connectivity index (χ2v) is 6.63. The van der Waals surface area contributed by atoms with E-state index in [1.807, 2.05) is 45.3 Å². The fourth-order valence-corrected chi connectivity index (χ4v) is 3.01. The quantitative estimate of drug-likeness (QED) is 0.749. The Labute approximate surface area is 157 Å². The van der Waals surface area contributed by atoms with Gasteiger partial charge in [-0.15, -0.1) is 0 Å². The van der Waals surface area contributed by atoms with Crippen LogP contribution in [0.2, 0.25) is 0 Å². The van der Waals surface area contributed by atoms with Crippen molar-refractivity contribution in [1.29, 1.82) is 0 Å². The summed E-state index contributed by atoms with van der Waals surface area (Å²) in [5.41, 5.74) is 2.34. The molecule has 5 nitrogen and oxygen atoms in total. The third kappa shape index (κ3) is 4.96. The van der Waals surface area contributed by atoms with Crippen LogP contribution in [0.15, 0.2) is 40.9 Å². The number of carbonyl (C=O) groups excluding carboxylic acids is 1. The van der Waals surface area contributed by atoms with Crippen molar-refractivity contribution in [2.75, 3.05) is 33.1 Å². The second-order valence-electron chi connectivity index (χ2n) is 5.77. The molecule has 134 valence electrons. The van der Waals surface area contributed by atoms with Crippen LogP contribution in [0.3, 0.4) is 0 Å². The van der Waals surface area contributed by atoms with E-state index in [1.165, 1.54) is 0 Å². The minimum Gasteiger partial charge on any atom is -0.493 e. The number of benzene rings is 2. The van der Waals surface area contributed by atoms with Gasteiger partial charge in [0.25, 0.3) is 5.91 Å². The van der Waals surface area contributed by atoms with Crippen LogP contribution < -0.4 is 14.8 Å². The molecule has 0 radical (unpaired) electrons. The molecule has 0 aliphatic heterocycles. The molecule has 25 heavy (non-hydrogen) atoms. The fraction of sp³-hybridized carbons (Fsp3) is 0.316. The average molecular weight is 407 g/mol. The van der Waals surface area contributed by atoms with Gasteiger partial charge in [0.2, 0.25) is 0 Å². The van der Waals surface area contributed by atoms with E-state index in [1.54, 1.807) is 19.2 Å². The summed E-state index contributed by atoms with van der Waals surface area (Å²) in [6, 6.07) is 11.2. The molecule has 0 aromatic heterocycles. The monoisotopic (exact) mass is 406 g/mol. The first-order valence-electron chi connectivity index (χ1n) is 8.00. The molecule has 0 saturated carbocycles. The lowest BCUT2D eigenvalue weighted by Gasteiger charge is -2.16. The predicted octanol–water partition coefficient (Wildman–Crippen LogP) is 4.17. The lowest BCUT2D eigenvalue weighted by atomic mass is 10.1. The minimum absolute atomic E-state index is 0.201. The molecule has 0 fully saturated rings. The molecule has 0 aliphatic carbocycles. The van der Waals surface area contributed by atoms with Gasteiger partial charge in [0.1, 0.15) is 0 Å². The normalized spacial score (nSPS) is 10.6. The van der Waals surface area contributed by atoms with E-state index >= 15 is 0 Å². The van der Waals surface area contributed by atoms with Gasteiger partial charge in [-0.1, -0.05) is 18.2 Å². The van der Waals surface area contributed by atoms with Gasteiger partial charge >= 0.3 is 0 Å². The first-order valence-corrected chi connectivity index (χ1v) is 8.79. The Morgan fingerprint density at radius 2 is 1.96 bits per heavy atom. The zero-order chi connectivity index (χ0) is 18.4. The molecule has 0 spiro atoms. The number of halogens is 1. The molecule has 2 aromatic rings. The van der Waals surface area contributed by atoms with Crippen LogP contribution in [0.1, 0.15) is 22.8 Å². The zero-order valence-electron chi connectivity index (χ0n) is 14.9. The summed E-state index contributed by atoms with van der Waals surface area (Å²) in [6.45, 7) is 3.15. The maximum atomic E-state index is 12.7. The van der Waals surface area contributed by atoms with E-state index in [0.29, 0.717) is 28.1 Å². The highest BCUT2D eigenvalue weighted by atomic mass is 79.9. The maximum absolute atomic E-state index is 12.7. The smallest absolute Gasteiger partial charge is 0.255 e. The standard InChI is InChI=1S/C19H23BrN2O3/c1-5-25-18-15(20)10-14(11-17(18)24-4)19(23)21-16-9-7-6-8-13(16)12-22(2)3/h6-11H,5,12H2,1-4H3,(H,21,23). The van der Waals surface area contributed by atoms with Crippen molar-refractivity contribution in [2.24, 2.45) is 0 Å². The molecule has 0 atom stereocenters. The summed E-state index contributed by atoms with van der Waals surface area (Å²) in [5.74, 6) is 0.908. The Morgan fingerprint density at radius 3 is 2.60 bits per heavy atom. The van der Waals surface area contributed by atoms with Crippen molar-refractivity contribution in [1.82, 2.24) is 4.90 Å². The Kier molecular flexibility index (Phi) is 6.84. The van der Waals surface area contributed by atoms with Crippen LogP contribution >= 0.6 is 15.9 Å². The number of hydrogen-bond donors (Lipinski definition) is 1. The van der Waals surface area contributed by atoms with Gasteiger partial charge in [0.15, 0.2) is 11.5 Å². The van der Waals surface area contributed by atoms with Crippen LogP contribution in [-0.4, -0.2) is 38.6 Å². The summed E-state index contributed by atoms with van der Waals surface area (Å²) in [6.07, 6.45) is 0. The molecule has 0 aliphatic rings. The first kappa shape index (κ1) is 19.3. The third-order valence-corrected chi connectivity index (χ3v) is 4.12. The van der Waals surface area contributed by atoms with Gasteiger partial charge in [0.05, 0.1) is 18.2 Å². The Morgan fingerprint density at radius 1 is 1.24 bits per heavy atom. The number of nitrogens with one attached hydrogen (secondary N) is 1. The van der Waals surface area contributed by atoms with Crippen LogP contribution in [0.25, 0.3) is 0 Å². The fourth-order valence-electron chi connectivity index (χ4n) is 2.45. The van der Waals surface area contributed by atoms with Gasteiger partial charge in [-0.2, -0.15) is 0 Å².